The van der Waals surface area contributed by atoms with Crippen molar-refractivity contribution in [2.45, 2.75) is 34.1 Å². The van der Waals surface area contributed by atoms with Crippen molar-refractivity contribution in [3.05, 3.63) is 23.3 Å². The highest BCUT2D eigenvalue weighted by molar-refractivity contribution is 6.27. The Morgan fingerprint density at radius 1 is 1.08 bits per heavy atom. The summed E-state index contributed by atoms with van der Waals surface area (Å²) in [6, 6.07) is 3.95. The molecule has 0 aliphatic heterocycles. The van der Waals surface area contributed by atoms with E-state index in [4.69, 9.17) is 30.3 Å². The number of carbonyl (C=O) groups excluding carboxylic acids is 1. The topological polar surface area (TPSA) is 130 Å². The van der Waals surface area contributed by atoms with Crippen LogP contribution in [0.2, 0.25) is 0 Å². The average Bonchev–Trinajstić information content (AvgIpc) is 2.55. The van der Waals surface area contributed by atoms with Gasteiger partial charge in [0.05, 0.1) is 13.2 Å². The molecule has 0 fully saturated rings. The van der Waals surface area contributed by atoms with Gasteiger partial charge in [0.15, 0.2) is 0 Å². The van der Waals surface area contributed by atoms with E-state index >= 15 is 0 Å². The number of hydrogen-bond donors (Lipinski definition) is 3. The Hall–Kier alpha value is -2.61. The lowest BCUT2D eigenvalue weighted by atomic mass is 10.1. The first-order valence-electron chi connectivity index (χ1n) is 7.90. The van der Waals surface area contributed by atoms with Gasteiger partial charge in [0.1, 0.15) is 5.75 Å². The van der Waals surface area contributed by atoms with Crippen LogP contribution >= 0.6 is 0 Å². The molecule has 4 N–H and O–H groups in total. The van der Waals surface area contributed by atoms with E-state index in [1.54, 1.807) is 4.90 Å². The Morgan fingerprint density at radius 2 is 1.56 bits per heavy atom. The molecule has 8 nitrogen and oxygen atoms in total. The zero-order chi connectivity index (χ0) is 19.6. The van der Waals surface area contributed by atoms with Gasteiger partial charge in [-0.15, -0.1) is 0 Å². The smallest absolute Gasteiger partial charge is 0.414 e. The molecule has 1 aromatic rings. The van der Waals surface area contributed by atoms with Gasteiger partial charge in [0.25, 0.3) is 0 Å². The maximum absolute atomic E-state index is 11.9. The van der Waals surface area contributed by atoms with Crippen LogP contribution in [0.4, 0.5) is 5.69 Å². The van der Waals surface area contributed by atoms with Crippen LogP contribution in [0.25, 0.3) is 0 Å². The normalized spacial score (nSPS) is 9.64. The van der Waals surface area contributed by atoms with Crippen molar-refractivity contribution in [2.75, 3.05) is 24.6 Å². The third-order valence-corrected chi connectivity index (χ3v) is 3.18. The molecule has 1 amide bonds. The second-order valence-corrected chi connectivity index (χ2v) is 5.21. The number of likely N-dealkylation sites (N-methyl/N-ethyl adjacent to an activating group) is 1. The number of amides is 1. The van der Waals surface area contributed by atoms with Crippen LogP contribution < -0.4 is 15.4 Å². The molecule has 0 atom stereocenters. The molecule has 140 valence electrons. The molecule has 0 heterocycles. The molecule has 0 saturated heterocycles. The van der Waals surface area contributed by atoms with E-state index in [1.165, 1.54) is 0 Å². The summed E-state index contributed by atoms with van der Waals surface area (Å²) in [6.45, 7) is 9.37. The van der Waals surface area contributed by atoms with Crippen molar-refractivity contribution < 1.29 is 29.3 Å². The number of carbonyl (C=O) groups is 3. The zero-order valence-corrected chi connectivity index (χ0v) is 15.0. The summed E-state index contributed by atoms with van der Waals surface area (Å²) in [5.41, 5.74) is 8.49. The van der Waals surface area contributed by atoms with Gasteiger partial charge < -0.3 is 25.6 Å². The van der Waals surface area contributed by atoms with Gasteiger partial charge in [-0.25, -0.2) is 9.59 Å². The van der Waals surface area contributed by atoms with Gasteiger partial charge >= 0.3 is 11.9 Å². The van der Waals surface area contributed by atoms with E-state index in [0.717, 1.165) is 29.0 Å². The zero-order valence-electron chi connectivity index (χ0n) is 15.0. The summed E-state index contributed by atoms with van der Waals surface area (Å²) in [7, 11) is 0. The SMILES string of the molecule is CCCOc1cc(C)c(N(CC)C(=O)CN)c(C)c1.O=C(O)C(=O)O. The lowest BCUT2D eigenvalue weighted by molar-refractivity contribution is -0.159. The molecule has 0 aromatic heterocycles. The molecule has 0 spiro atoms. The number of hydrogen-bond acceptors (Lipinski definition) is 5. The van der Waals surface area contributed by atoms with Crippen molar-refractivity contribution >= 4 is 23.5 Å². The van der Waals surface area contributed by atoms with Crippen LogP contribution in [0.1, 0.15) is 31.4 Å². The molecule has 25 heavy (non-hydrogen) atoms. The first-order valence-corrected chi connectivity index (χ1v) is 7.90. The Morgan fingerprint density at radius 3 is 1.88 bits per heavy atom. The van der Waals surface area contributed by atoms with Crippen LogP contribution in [0.5, 0.6) is 5.75 Å². The third-order valence-electron chi connectivity index (χ3n) is 3.18. The van der Waals surface area contributed by atoms with Gasteiger partial charge in [0, 0.05) is 12.2 Å². The molecule has 0 bridgehead atoms. The maximum atomic E-state index is 11.9. The minimum atomic E-state index is -1.82. The summed E-state index contributed by atoms with van der Waals surface area (Å²) < 4.78 is 5.64. The van der Waals surface area contributed by atoms with E-state index in [0.29, 0.717) is 13.2 Å². The van der Waals surface area contributed by atoms with Crippen molar-refractivity contribution in [1.29, 1.82) is 0 Å². The Balaban J connectivity index is 0.000000823. The number of aryl methyl sites for hydroxylation is 2. The number of benzene rings is 1. The van der Waals surface area contributed by atoms with Crippen molar-refractivity contribution in [3.8, 4) is 5.75 Å². The summed E-state index contributed by atoms with van der Waals surface area (Å²) >= 11 is 0. The molecule has 0 saturated carbocycles. The molecular weight excluding hydrogens is 328 g/mol. The summed E-state index contributed by atoms with van der Waals surface area (Å²) in [4.78, 5) is 31.8. The first-order chi connectivity index (χ1) is 11.7. The number of nitrogens with two attached hydrogens (primary N) is 1. The van der Waals surface area contributed by atoms with Gasteiger partial charge in [-0.1, -0.05) is 6.92 Å². The van der Waals surface area contributed by atoms with Crippen molar-refractivity contribution in [3.63, 3.8) is 0 Å². The highest BCUT2D eigenvalue weighted by atomic mass is 16.5. The molecule has 1 rings (SSSR count). The fourth-order valence-corrected chi connectivity index (χ4v) is 2.21. The number of ether oxygens (including phenoxy) is 1. The monoisotopic (exact) mass is 354 g/mol. The summed E-state index contributed by atoms with van der Waals surface area (Å²) in [5, 5.41) is 14.8. The van der Waals surface area contributed by atoms with Crippen LogP contribution in [0.3, 0.4) is 0 Å². The Bertz CT molecular complexity index is 580. The van der Waals surface area contributed by atoms with Gasteiger partial charge in [-0.2, -0.15) is 0 Å². The molecular formula is C17H26N2O6. The highest BCUT2D eigenvalue weighted by Gasteiger charge is 2.17. The summed E-state index contributed by atoms with van der Waals surface area (Å²) in [5.74, 6) is -2.85. The lowest BCUT2D eigenvalue weighted by Crippen LogP contribution is -2.36. The third kappa shape index (κ3) is 7.21. The second-order valence-electron chi connectivity index (χ2n) is 5.21. The highest BCUT2D eigenvalue weighted by Crippen LogP contribution is 2.29. The van der Waals surface area contributed by atoms with Crippen LogP contribution in [-0.4, -0.2) is 47.8 Å². The van der Waals surface area contributed by atoms with Crippen molar-refractivity contribution in [1.82, 2.24) is 0 Å². The number of anilines is 1. The number of carboxylic acids is 2. The fraction of sp³-hybridized carbons (Fsp3) is 0.471. The second kappa shape index (κ2) is 11.0. The molecule has 0 aliphatic carbocycles. The van der Waals surface area contributed by atoms with Crippen LogP contribution in [0.15, 0.2) is 12.1 Å². The van der Waals surface area contributed by atoms with E-state index < -0.39 is 11.9 Å². The molecule has 8 heteroatoms. The number of nitrogens with zero attached hydrogens (tertiary/aromatic N) is 1. The van der Waals surface area contributed by atoms with E-state index in [9.17, 15) is 4.79 Å². The molecule has 0 radical (unpaired) electrons. The van der Waals surface area contributed by atoms with Gasteiger partial charge in [-0.3, -0.25) is 4.79 Å². The summed E-state index contributed by atoms with van der Waals surface area (Å²) in [6.07, 6.45) is 0.979. The van der Waals surface area contributed by atoms with Gasteiger partial charge in [0.2, 0.25) is 5.91 Å². The minimum Gasteiger partial charge on any atom is -0.494 e. The van der Waals surface area contributed by atoms with E-state index in [1.807, 2.05) is 32.9 Å². The molecule has 0 aliphatic rings. The largest absolute Gasteiger partial charge is 0.494 e. The number of aliphatic carboxylic acids is 2. The first kappa shape index (κ1) is 22.4. The van der Waals surface area contributed by atoms with E-state index in [-0.39, 0.29) is 12.5 Å². The van der Waals surface area contributed by atoms with Crippen molar-refractivity contribution in [2.24, 2.45) is 5.73 Å². The van der Waals surface area contributed by atoms with E-state index in [2.05, 4.69) is 6.92 Å². The lowest BCUT2D eigenvalue weighted by Gasteiger charge is -2.25. The van der Waals surface area contributed by atoms with Crippen LogP contribution in [-0.2, 0) is 14.4 Å². The predicted octanol–water partition coefficient (Wildman–Crippen LogP) is 1.56. The van der Waals surface area contributed by atoms with Crippen LogP contribution in [0, 0.1) is 13.8 Å². The predicted molar refractivity (Wildman–Crippen MR) is 94.1 cm³/mol. The number of rotatable bonds is 6. The molecule has 0 unspecified atom stereocenters. The van der Waals surface area contributed by atoms with Gasteiger partial charge in [-0.05, 0) is 50.5 Å². The Labute approximate surface area is 147 Å². The minimum absolute atomic E-state index is 0.0286. The quantitative estimate of drug-likeness (QED) is 0.661. The average molecular weight is 354 g/mol. The Kier molecular flexibility index (Phi) is 9.88. The number of carboxylic acid groups (broad SMARTS) is 2. The standard InChI is InChI=1S/C15H24N2O2.C2H2O4/c1-5-7-19-13-8-11(3)15(12(4)9-13)17(6-2)14(18)10-16;3-1(4)2(5)6/h8-9H,5-7,10,16H2,1-4H3;(H,3,4)(H,5,6). The maximum Gasteiger partial charge on any atom is 0.414 e. The molecule has 1 aromatic carbocycles. The fourth-order valence-electron chi connectivity index (χ4n) is 2.21.